The lowest BCUT2D eigenvalue weighted by Gasteiger charge is -2.38. The van der Waals surface area contributed by atoms with E-state index in [1.54, 1.807) is 18.3 Å². The van der Waals surface area contributed by atoms with Crippen LogP contribution < -0.4 is 16.3 Å². The first-order chi connectivity index (χ1) is 18.8. The molecule has 1 aliphatic rings. The number of fused-ring (bicyclic) bond motifs is 1. The predicted molar refractivity (Wildman–Crippen MR) is 158 cm³/mol. The summed E-state index contributed by atoms with van der Waals surface area (Å²) in [6, 6.07) is 9.08. The molecule has 4 aromatic rings. The van der Waals surface area contributed by atoms with Crippen molar-refractivity contribution in [1.29, 1.82) is 0 Å². The summed E-state index contributed by atoms with van der Waals surface area (Å²) in [5.41, 5.74) is 12.4. The van der Waals surface area contributed by atoms with Gasteiger partial charge < -0.3 is 15.6 Å². The number of aliphatic imine (C=N–C) groups is 1. The molecule has 0 bridgehead atoms. The SMILES string of the molecule is C=CC(=NC(=C\C)/C(/C=c1/c(-c2cc3c(-c4cc(C)cc(F)c4)ccnc3[nH]2)n[nH]c1=C)=C/C)N1CC(N)C1. The summed E-state index contributed by atoms with van der Waals surface area (Å²) in [5, 5.41) is 9.97. The van der Waals surface area contributed by atoms with Crippen LogP contribution in [0.2, 0.25) is 0 Å². The highest BCUT2D eigenvalue weighted by molar-refractivity contribution is 5.96. The number of halogens is 1. The highest BCUT2D eigenvalue weighted by Gasteiger charge is 2.25. The average molecular weight is 522 g/mol. The molecule has 198 valence electrons. The Morgan fingerprint density at radius 1 is 1.21 bits per heavy atom. The van der Waals surface area contributed by atoms with Gasteiger partial charge in [-0.1, -0.05) is 31.4 Å². The number of benzene rings is 1. The molecule has 7 nitrogen and oxygen atoms in total. The molecule has 4 heterocycles. The molecule has 1 fully saturated rings. The van der Waals surface area contributed by atoms with E-state index in [4.69, 9.17) is 10.7 Å². The monoisotopic (exact) mass is 521 g/mol. The van der Waals surface area contributed by atoms with E-state index < -0.39 is 0 Å². The van der Waals surface area contributed by atoms with Gasteiger partial charge in [0, 0.05) is 35.9 Å². The zero-order valence-electron chi connectivity index (χ0n) is 22.4. The van der Waals surface area contributed by atoms with Crippen molar-refractivity contribution in [2.75, 3.05) is 13.1 Å². The summed E-state index contributed by atoms with van der Waals surface area (Å²) >= 11 is 0. The van der Waals surface area contributed by atoms with Gasteiger partial charge in [0.2, 0.25) is 0 Å². The van der Waals surface area contributed by atoms with Crippen molar-refractivity contribution in [1.82, 2.24) is 25.1 Å². The smallest absolute Gasteiger partial charge is 0.138 e. The molecular formula is C31H32FN7. The summed E-state index contributed by atoms with van der Waals surface area (Å²) in [6.07, 6.45) is 9.48. The quantitative estimate of drug-likeness (QED) is 0.200. The lowest BCUT2D eigenvalue weighted by atomic mass is 10.0. The number of hydrogen-bond donors (Lipinski definition) is 3. The number of hydrogen-bond acceptors (Lipinski definition) is 4. The third-order valence-corrected chi connectivity index (χ3v) is 6.85. The molecule has 0 radical (unpaired) electrons. The summed E-state index contributed by atoms with van der Waals surface area (Å²) in [7, 11) is 0. The standard InChI is InChI=1S/C31H32FN7/c1-6-20(27(7-2)35-29(8-3)39-16-23(33)17-39)14-25-19(5)37-38-30(25)28-15-26-24(9-10-34-31(26)36-28)21-11-18(4)12-22(32)13-21/h6-15,23,37H,3,5,16-17,33H2,1-2,4H3,(H,34,36)/b20-6+,25-14+,27-7-,35-29?. The summed E-state index contributed by atoms with van der Waals surface area (Å²) in [6.45, 7) is 15.4. The minimum Gasteiger partial charge on any atom is -0.353 e. The van der Waals surface area contributed by atoms with Gasteiger partial charge in [0.15, 0.2) is 0 Å². The number of nitrogens with zero attached hydrogens (tertiary/aromatic N) is 4. The average Bonchev–Trinajstić information content (AvgIpc) is 3.49. The van der Waals surface area contributed by atoms with Crippen LogP contribution in [0.5, 0.6) is 0 Å². The van der Waals surface area contributed by atoms with Crippen LogP contribution in [0.1, 0.15) is 19.4 Å². The molecule has 0 aliphatic carbocycles. The van der Waals surface area contributed by atoms with E-state index in [-0.39, 0.29) is 11.9 Å². The Balaban J connectivity index is 1.58. The number of nitrogens with one attached hydrogen (secondary N) is 2. The summed E-state index contributed by atoms with van der Waals surface area (Å²) in [4.78, 5) is 14.9. The van der Waals surface area contributed by atoms with E-state index >= 15 is 0 Å². The van der Waals surface area contributed by atoms with Crippen LogP contribution in [0.3, 0.4) is 0 Å². The Kier molecular flexibility index (Phi) is 7.13. The largest absolute Gasteiger partial charge is 0.353 e. The molecule has 5 rings (SSSR count). The first-order valence-corrected chi connectivity index (χ1v) is 12.9. The van der Waals surface area contributed by atoms with Crippen LogP contribution >= 0.6 is 0 Å². The lowest BCUT2D eigenvalue weighted by Crippen LogP contribution is -2.57. The van der Waals surface area contributed by atoms with Gasteiger partial charge in [-0.25, -0.2) is 14.4 Å². The molecule has 39 heavy (non-hydrogen) atoms. The zero-order chi connectivity index (χ0) is 27.7. The summed E-state index contributed by atoms with van der Waals surface area (Å²) in [5.74, 6) is 0.524. The van der Waals surface area contributed by atoms with Crippen LogP contribution in [0.25, 0.3) is 46.2 Å². The molecular weight excluding hydrogens is 489 g/mol. The minimum absolute atomic E-state index is 0.162. The lowest BCUT2D eigenvalue weighted by molar-refractivity contribution is 0.255. The van der Waals surface area contributed by atoms with E-state index in [2.05, 4.69) is 38.2 Å². The van der Waals surface area contributed by atoms with Gasteiger partial charge in [-0.15, -0.1) is 0 Å². The third-order valence-electron chi connectivity index (χ3n) is 6.85. The fraction of sp³-hybridized carbons (Fsp3) is 0.194. The number of nitrogens with two attached hydrogens (primary N) is 1. The first kappa shape index (κ1) is 26.1. The van der Waals surface area contributed by atoms with E-state index in [1.807, 2.05) is 57.2 Å². The fourth-order valence-corrected chi connectivity index (χ4v) is 4.87. The second-order valence-corrected chi connectivity index (χ2v) is 9.69. The van der Waals surface area contributed by atoms with Crippen molar-refractivity contribution in [2.24, 2.45) is 10.7 Å². The van der Waals surface area contributed by atoms with Gasteiger partial charge in [-0.05, 0) is 79.5 Å². The maximum atomic E-state index is 14.2. The van der Waals surface area contributed by atoms with Crippen LogP contribution in [0.4, 0.5) is 4.39 Å². The maximum Gasteiger partial charge on any atom is 0.138 e. The summed E-state index contributed by atoms with van der Waals surface area (Å²) < 4.78 is 14.2. The van der Waals surface area contributed by atoms with Crippen LogP contribution in [-0.4, -0.2) is 50.0 Å². The topological polar surface area (TPSA) is 99.0 Å². The van der Waals surface area contributed by atoms with Crippen molar-refractivity contribution in [3.05, 3.63) is 94.6 Å². The van der Waals surface area contributed by atoms with Crippen molar-refractivity contribution in [3.63, 3.8) is 0 Å². The molecule has 4 N–H and O–H groups in total. The Morgan fingerprint density at radius 2 is 2.00 bits per heavy atom. The van der Waals surface area contributed by atoms with E-state index in [0.29, 0.717) is 16.7 Å². The minimum atomic E-state index is -0.269. The third kappa shape index (κ3) is 5.11. The number of amidine groups is 1. The van der Waals surface area contributed by atoms with E-state index in [0.717, 1.165) is 63.2 Å². The highest BCUT2D eigenvalue weighted by Crippen LogP contribution is 2.31. The van der Waals surface area contributed by atoms with Gasteiger partial charge in [-0.2, -0.15) is 5.10 Å². The Bertz CT molecular complexity index is 1740. The normalized spacial score (nSPS) is 15.8. The number of allylic oxidation sites excluding steroid dienone is 3. The number of pyridine rings is 1. The number of aromatic amines is 2. The Labute approximate surface area is 226 Å². The van der Waals surface area contributed by atoms with Gasteiger partial charge in [-0.3, -0.25) is 5.10 Å². The molecule has 1 saturated heterocycles. The molecule has 0 spiro atoms. The van der Waals surface area contributed by atoms with Crippen molar-refractivity contribution in [3.8, 4) is 22.5 Å². The first-order valence-electron chi connectivity index (χ1n) is 12.9. The predicted octanol–water partition coefficient (Wildman–Crippen LogP) is 4.34. The number of H-pyrrole nitrogens is 2. The van der Waals surface area contributed by atoms with Gasteiger partial charge in [0.25, 0.3) is 0 Å². The van der Waals surface area contributed by atoms with Crippen LogP contribution in [0, 0.1) is 12.7 Å². The number of aryl methyl sites for hydroxylation is 1. The number of likely N-dealkylation sites (tertiary alicyclic amines) is 1. The van der Waals surface area contributed by atoms with Crippen molar-refractivity contribution in [2.45, 2.75) is 26.8 Å². The fourth-order valence-electron chi connectivity index (χ4n) is 4.87. The molecule has 0 atom stereocenters. The Morgan fingerprint density at radius 3 is 2.67 bits per heavy atom. The molecule has 3 aromatic heterocycles. The second kappa shape index (κ2) is 10.7. The van der Waals surface area contributed by atoms with Crippen LogP contribution in [0.15, 0.2) is 77.6 Å². The van der Waals surface area contributed by atoms with Gasteiger partial charge in [0.05, 0.1) is 16.7 Å². The molecule has 0 saturated carbocycles. The molecule has 8 heteroatoms. The second-order valence-electron chi connectivity index (χ2n) is 9.69. The number of aromatic nitrogens is 4. The van der Waals surface area contributed by atoms with Crippen molar-refractivity contribution < 1.29 is 4.39 Å². The van der Waals surface area contributed by atoms with E-state index in [9.17, 15) is 4.39 Å². The van der Waals surface area contributed by atoms with E-state index in [1.165, 1.54) is 6.07 Å². The Hall–Kier alpha value is -4.56. The molecule has 1 aliphatic heterocycles. The van der Waals surface area contributed by atoms with Crippen LogP contribution in [-0.2, 0) is 0 Å². The van der Waals surface area contributed by atoms with Gasteiger partial charge >= 0.3 is 0 Å². The van der Waals surface area contributed by atoms with Gasteiger partial charge in [0.1, 0.15) is 23.0 Å². The maximum absolute atomic E-state index is 14.2. The molecule has 0 amide bonds. The number of rotatable bonds is 6. The molecule has 1 aromatic carbocycles. The highest BCUT2D eigenvalue weighted by atomic mass is 19.1. The molecule has 0 unspecified atom stereocenters. The zero-order valence-corrected chi connectivity index (χ0v) is 22.4. The van der Waals surface area contributed by atoms with Crippen molar-refractivity contribution >= 4 is 29.5 Å².